The van der Waals surface area contributed by atoms with E-state index in [2.05, 4.69) is 47.6 Å². The summed E-state index contributed by atoms with van der Waals surface area (Å²) in [5.41, 5.74) is 5.83. The molecule has 0 spiro atoms. The fourth-order valence-corrected chi connectivity index (χ4v) is 3.43. The van der Waals surface area contributed by atoms with Gasteiger partial charge in [-0.25, -0.2) is 4.58 Å². The predicted molar refractivity (Wildman–Crippen MR) is 85.5 cm³/mol. The number of hydrogen-bond donors (Lipinski definition) is 0. The largest absolute Gasteiger partial charge is 0.229 e. The highest BCUT2D eigenvalue weighted by Crippen LogP contribution is 2.25. The lowest BCUT2D eigenvalue weighted by Crippen LogP contribution is -2.33. The second kappa shape index (κ2) is 6.21. The molecule has 0 aromatic heterocycles. The first kappa shape index (κ1) is 13.4. The van der Waals surface area contributed by atoms with Crippen LogP contribution in [0.15, 0.2) is 54.1 Å². The van der Waals surface area contributed by atoms with Crippen molar-refractivity contribution in [2.24, 2.45) is 0 Å². The van der Waals surface area contributed by atoms with Crippen LogP contribution in [0.3, 0.4) is 0 Å². The van der Waals surface area contributed by atoms with Gasteiger partial charge < -0.3 is 0 Å². The first-order valence-corrected chi connectivity index (χ1v) is 7.88. The van der Waals surface area contributed by atoms with Gasteiger partial charge in [-0.3, -0.25) is 0 Å². The molecule has 0 N–H and O–H groups in total. The van der Waals surface area contributed by atoms with E-state index >= 15 is 0 Å². The van der Waals surface area contributed by atoms with Crippen LogP contribution in [0.2, 0.25) is 0 Å². The summed E-state index contributed by atoms with van der Waals surface area (Å²) < 4.78 is 2.56. The smallest absolute Gasteiger partial charge is 0.205 e. The fourth-order valence-electron chi connectivity index (χ4n) is 3.43. The molecule has 3 rings (SSSR count). The van der Waals surface area contributed by atoms with Crippen LogP contribution in [0, 0.1) is 0 Å². The molecule has 0 saturated heterocycles. The zero-order valence-corrected chi connectivity index (χ0v) is 12.3. The van der Waals surface area contributed by atoms with Gasteiger partial charge in [0.05, 0.1) is 0 Å². The van der Waals surface area contributed by atoms with E-state index in [1.54, 1.807) is 5.57 Å². The molecule has 20 heavy (non-hydrogen) atoms. The van der Waals surface area contributed by atoms with Gasteiger partial charge >= 0.3 is 0 Å². The van der Waals surface area contributed by atoms with E-state index in [4.69, 9.17) is 0 Å². The van der Waals surface area contributed by atoms with Crippen LogP contribution < -0.4 is 0 Å². The van der Waals surface area contributed by atoms with E-state index in [-0.39, 0.29) is 0 Å². The summed E-state index contributed by atoms with van der Waals surface area (Å²) in [6, 6.07) is 10.8. The molecule has 1 aromatic carbocycles. The van der Waals surface area contributed by atoms with Gasteiger partial charge in [0.15, 0.2) is 0 Å². The minimum Gasteiger partial charge on any atom is -0.229 e. The van der Waals surface area contributed by atoms with Crippen LogP contribution in [0.4, 0.5) is 0 Å². The summed E-state index contributed by atoms with van der Waals surface area (Å²) in [5, 5.41) is 0. The molecule has 104 valence electrons. The van der Waals surface area contributed by atoms with Gasteiger partial charge in [-0.2, -0.15) is 0 Å². The Morgan fingerprint density at radius 1 is 1.05 bits per heavy atom. The van der Waals surface area contributed by atoms with Crippen molar-refractivity contribution in [3.63, 3.8) is 0 Å². The lowest BCUT2D eigenvalue weighted by molar-refractivity contribution is -0.533. The Balaban J connectivity index is 1.72. The van der Waals surface area contributed by atoms with Crippen molar-refractivity contribution in [3.8, 4) is 0 Å². The highest BCUT2D eigenvalue weighted by molar-refractivity contribution is 6.09. The van der Waals surface area contributed by atoms with Crippen LogP contribution in [-0.4, -0.2) is 23.4 Å². The van der Waals surface area contributed by atoms with Gasteiger partial charge in [-0.15, -0.1) is 0 Å². The minimum absolute atomic E-state index is 1.14. The van der Waals surface area contributed by atoms with Gasteiger partial charge in [-0.05, 0) is 31.2 Å². The molecule has 0 atom stereocenters. The number of nitrogens with zero attached hydrogens (tertiary/aromatic N) is 1. The first-order chi connectivity index (χ1) is 9.84. The van der Waals surface area contributed by atoms with Gasteiger partial charge in [-0.1, -0.05) is 43.0 Å². The van der Waals surface area contributed by atoms with E-state index < -0.39 is 0 Å². The van der Waals surface area contributed by atoms with Gasteiger partial charge in [0.2, 0.25) is 5.71 Å². The molecule has 0 saturated carbocycles. The highest BCUT2D eigenvalue weighted by Gasteiger charge is 2.29. The van der Waals surface area contributed by atoms with E-state index in [1.165, 1.54) is 55.6 Å². The quantitative estimate of drug-likeness (QED) is 0.723. The molecule has 1 aromatic rings. The molecule has 0 unspecified atom stereocenters. The van der Waals surface area contributed by atoms with Crippen LogP contribution in [0.5, 0.6) is 0 Å². The number of aryl methyl sites for hydroxylation is 1. The summed E-state index contributed by atoms with van der Waals surface area (Å²) >= 11 is 0. The lowest BCUT2D eigenvalue weighted by atomic mass is 9.89. The fraction of sp³-hybridized carbons (Fsp3) is 0.421. The average Bonchev–Trinajstić information content (AvgIpc) is 2.49. The first-order valence-electron chi connectivity index (χ1n) is 7.88. The molecule has 0 fully saturated rings. The Hall–Kier alpha value is -1.63. The van der Waals surface area contributed by atoms with Gasteiger partial charge in [0.1, 0.15) is 13.1 Å². The summed E-state index contributed by atoms with van der Waals surface area (Å²) in [6.07, 6.45) is 9.74. The van der Waals surface area contributed by atoms with Crippen molar-refractivity contribution < 1.29 is 4.58 Å². The molecule has 2 aliphatic rings. The van der Waals surface area contributed by atoms with Crippen LogP contribution in [0.25, 0.3) is 0 Å². The zero-order chi connectivity index (χ0) is 13.8. The maximum atomic E-state index is 4.30. The Labute approximate surface area is 122 Å². The van der Waals surface area contributed by atoms with E-state index in [1.807, 2.05) is 0 Å². The standard InChI is InChI=1S/C19H24N/c1-16-8-6-14-20-15-7-13-18(19(16)20)12-5-11-17-9-3-2-4-10-17/h2-4,9-10,12H,1,5-8,11,13-15H2/q+1. The maximum Gasteiger partial charge on any atom is 0.205 e. The van der Waals surface area contributed by atoms with Crippen LogP contribution in [-0.2, 0) is 6.42 Å². The van der Waals surface area contributed by atoms with E-state index in [0.29, 0.717) is 0 Å². The molecule has 0 bridgehead atoms. The molecule has 1 heteroatoms. The average molecular weight is 266 g/mol. The highest BCUT2D eigenvalue weighted by atomic mass is 15.0. The van der Waals surface area contributed by atoms with E-state index in [9.17, 15) is 0 Å². The molecular formula is C19H24N+. The summed E-state index contributed by atoms with van der Waals surface area (Å²) in [4.78, 5) is 0. The monoisotopic (exact) mass is 266 g/mol. The van der Waals surface area contributed by atoms with E-state index in [0.717, 1.165) is 12.8 Å². The molecule has 1 nitrogen and oxygen atoms in total. The minimum atomic E-state index is 1.14. The van der Waals surface area contributed by atoms with Crippen molar-refractivity contribution in [1.29, 1.82) is 0 Å². The Kier molecular flexibility index (Phi) is 4.15. The molecule has 0 radical (unpaired) electrons. The number of rotatable bonds is 3. The van der Waals surface area contributed by atoms with Gasteiger partial charge in [0.25, 0.3) is 0 Å². The Morgan fingerprint density at radius 3 is 2.60 bits per heavy atom. The Bertz CT molecular complexity index is 544. The Morgan fingerprint density at radius 2 is 1.80 bits per heavy atom. The predicted octanol–water partition coefficient (Wildman–Crippen LogP) is 4.14. The molecular weight excluding hydrogens is 242 g/mol. The van der Waals surface area contributed by atoms with Crippen molar-refractivity contribution in [2.75, 3.05) is 13.1 Å². The van der Waals surface area contributed by atoms with Crippen molar-refractivity contribution in [3.05, 3.63) is 59.7 Å². The van der Waals surface area contributed by atoms with Crippen LogP contribution in [0.1, 0.15) is 37.7 Å². The van der Waals surface area contributed by atoms with Crippen molar-refractivity contribution >= 4 is 5.71 Å². The summed E-state index contributed by atoms with van der Waals surface area (Å²) in [6.45, 7) is 6.75. The lowest BCUT2D eigenvalue weighted by Gasteiger charge is -2.23. The summed E-state index contributed by atoms with van der Waals surface area (Å²) in [7, 11) is 0. The normalized spacial score (nSPS) is 21.2. The maximum absolute atomic E-state index is 4.30. The third kappa shape index (κ3) is 2.92. The summed E-state index contributed by atoms with van der Waals surface area (Å²) in [5.74, 6) is 0. The second-order valence-corrected chi connectivity index (χ2v) is 5.90. The van der Waals surface area contributed by atoms with Crippen molar-refractivity contribution in [1.82, 2.24) is 0 Å². The second-order valence-electron chi connectivity index (χ2n) is 5.90. The number of hydrogen-bond acceptors (Lipinski definition) is 0. The van der Waals surface area contributed by atoms with Crippen molar-refractivity contribution in [2.45, 2.75) is 38.5 Å². The topological polar surface area (TPSA) is 3.01 Å². The zero-order valence-electron chi connectivity index (χ0n) is 12.3. The molecule has 0 aliphatic carbocycles. The van der Waals surface area contributed by atoms with Crippen LogP contribution >= 0.6 is 0 Å². The number of benzene rings is 1. The van der Waals surface area contributed by atoms with Gasteiger partial charge in [0, 0.05) is 24.0 Å². The molecule has 2 aliphatic heterocycles. The molecule has 0 amide bonds. The SMILES string of the molecule is C=C1CCC[N+]2=C1C(=CCCc1ccccc1)CCC2. The molecule has 2 heterocycles. The number of allylic oxidation sites excluding steroid dienone is 3. The third-order valence-electron chi connectivity index (χ3n) is 4.40. The third-order valence-corrected chi connectivity index (χ3v) is 4.40.